The fourth-order valence-corrected chi connectivity index (χ4v) is 1.72. The second-order valence-corrected chi connectivity index (χ2v) is 3.65. The van der Waals surface area contributed by atoms with E-state index in [0.717, 1.165) is 0 Å². The lowest BCUT2D eigenvalue weighted by molar-refractivity contribution is 1.04. The number of imidazole rings is 1. The molecule has 0 saturated heterocycles. The molecule has 1 aromatic heterocycles. The molecule has 2 N–H and O–H groups in total. The summed E-state index contributed by atoms with van der Waals surface area (Å²) in [4.78, 5) is 3.83. The Balaban J connectivity index is 2.66. The molecular weight excluding hydrogens is 238 g/mol. The van der Waals surface area contributed by atoms with Gasteiger partial charge in [-0.05, 0) is 18.2 Å². The fourth-order valence-electron chi connectivity index (χ4n) is 1.44. The number of nitrogens with zero attached hydrogens (tertiary/aromatic N) is 4. The number of benzene rings is 1. The van der Waals surface area contributed by atoms with Gasteiger partial charge >= 0.3 is 0 Å². The molecule has 2 rings (SSSR count). The van der Waals surface area contributed by atoms with Crippen LogP contribution < -0.4 is 5.73 Å². The van der Waals surface area contributed by atoms with E-state index in [2.05, 4.69) is 4.98 Å². The third-order valence-electron chi connectivity index (χ3n) is 2.21. The highest BCUT2D eigenvalue weighted by atomic mass is 35.5. The second kappa shape index (κ2) is 4.17. The summed E-state index contributed by atoms with van der Waals surface area (Å²) >= 11 is 6.02. The average molecular weight is 244 g/mol. The van der Waals surface area contributed by atoms with Crippen molar-refractivity contribution in [3.63, 3.8) is 0 Å². The van der Waals surface area contributed by atoms with E-state index in [-0.39, 0.29) is 11.4 Å². The molecule has 5 nitrogen and oxygen atoms in total. The van der Waals surface area contributed by atoms with Gasteiger partial charge in [0.1, 0.15) is 18.5 Å². The van der Waals surface area contributed by atoms with Crippen LogP contribution in [-0.4, -0.2) is 9.55 Å². The lowest BCUT2D eigenvalue weighted by atomic mass is 10.2. The van der Waals surface area contributed by atoms with Crippen LogP contribution in [0.3, 0.4) is 0 Å². The van der Waals surface area contributed by atoms with E-state index in [0.29, 0.717) is 16.4 Å². The minimum Gasteiger partial charge on any atom is -0.399 e. The van der Waals surface area contributed by atoms with Crippen molar-refractivity contribution in [2.45, 2.75) is 0 Å². The van der Waals surface area contributed by atoms with Gasteiger partial charge in [-0.25, -0.2) is 4.98 Å². The van der Waals surface area contributed by atoms with Crippen LogP contribution >= 0.6 is 11.6 Å². The molecular formula is C11H6ClN5. The summed E-state index contributed by atoms with van der Waals surface area (Å²) in [5.74, 6) is 0. The van der Waals surface area contributed by atoms with Gasteiger partial charge in [-0.1, -0.05) is 11.6 Å². The smallest absolute Gasteiger partial charge is 0.177 e. The van der Waals surface area contributed by atoms with Gasteiger partial charge in [-0.3, -0.25) is 4.57 Å². The quantitative estimate of drug-likeness (QED) is 0.774. The van der Waals surface area contributed by atoms with Crippen molar-refractivity contribution in [3.05, 3.63) is 40.9 Å². The molecule has 82 valence electrons. The van der Waals surface area contributed by atoms with Crippen molar-refractivity contribution in [1.82, 2.24) is 9.55 Å². The number of rotatable bonds is 1. The Morgan fingerprint density at radius 1 is 1.29 bits per heavy atom. The Hall–Kier alpha value is -2.50. The number of hydrogen-bond acceptors (Lipinski definition) is 4. The largest absolute Gasteiger partial charge is 0.399 e. The Labute approximate surface area is 102 Å². The molecule has 1 heterocycles. The highest BCUT2D eigenvalue weighted by Gasteiger charge is 2.13. The van der Waals surface area contributed by atoms with Gasteiger partial charge in [-0.15, -0.1) is 0 Å². The van der Waals surface area contributed by atoms with Crippen LogP contribution in [-0.2, 0) is 0 Å². The Morgan fingerprint density at radius 2 is 2.06 bits per heavy atom. The van der Waals surface area contributed by atoms with E-state index in [4.69, 9.17) is 27.9 Å². The highest BCUT2D eigenvalue weighted by molar-refractivity contribution is 6.32. The van der Waals surface area contributed by atoms with Gasteiger partial charge in [0.25, 0.3) is 0 Å². The van der Waals surface area contributed by atoms with Crippen LogP contribution in [0.5, 0.6) is 0 Å². The fraction of sp³-hybridized carbons (Fsp3) is 0. The van der Waals surface area contributed by atoms with Gasteiger partial charge < -0.3 is 5.73 Å². The molecule has 1 aromatic carbocycles. The second-order valence-electron chi connectivity index (χ2n) is 3.25. The van der Waals surface area contributed by atoms with Crippen LogP contribution in [0.2, 0.25) is 5.02 Å². The van der Waals surface area contributed by atoms with Gasteiger partial charge in [-0.2, -0.15) is 10.5 Å². The lowest BCUT2D eigenvalue weighted by Gasteiger charge is -2.06. The summed E-state index contributed by atoms with van der Waals surface area (Å²) in [6.45, 7) is 0. The molecule has 0 spiro atoms. The van der Waals surface area contributed by atoms with Gasteiger partial charge in [0, 0.05) is 5.69 Å². The number of hydrogen-bond donors (Lipinski definition) is 1. The Morgan fingerprint density at radius 3 is 2.65 bits per heavy atom. The molecule has 0 amide bonds. The number of halogens is 1. The van der Waals surface area contributed by atoms with Crippen molar-refractivity contribution in [2.24, 2.45) is 0 Å². The molecule has 0 aliphatic carbocycles. The van der Waals surface area contributed by atoms with Gasteiger partial charge in [0.05, 0.1) is 10.7 Å². The summed E-state index contributed by atoms with van der Waals surface area (Å²) in [6, 6.07) is 8.67. The zero-order valence-corrected chi connectivity index (χ0v) is 9.31. The van der Waals surface area contributed by atoms with Crippen molar-refractivity contribution >= 4 is 17.3 Å². The maximum atomic E-state index is 9.00. The van der Waals surface area contributed by atoms with Crippen molar-refractivity contribution < 1.29 is 0 Å². The summed E-state index contributed by atoms with van der Waals surface area (Å²) in [6.07, 6.45) is 1.38. The summed E-state index contributed by atoms with van der Waals surface area (Å²) in [5, 5.41) is 18.2. The van der Waals surface area contributed by atoms with Crippen LogP contribution in [0.25, 0.3) is 5.69 Å². The molecule has 6 heteroatoms. The molecule has 0 atom stereocenters. The minimum absolute atomic E-state index is 0.0698. The SMILES string of the molecule is N#Cc1ncn(-c2ccc(N)cc2Cl)c1C#N. The number of nitrogen functional groups attached to an aromatic ring is 1. The van der Waals surface area contributed by atoms with E-state index in [1.54, 1.807) is 18.2 Å². The third-order valence-corrected chi connectivity index (χ3v) is 2.51. The minimum atomic E-state index is 0.0698. The van der Waals surface area contributed by atoms with E-state index in [9.17, 15) is 0 Å². The van der Waals surface area contributed by atoms with Crippen LogP contribution in [0.15, 0.2) is 24.5 Å². The van der Waals surface area contributed by atoms with Crippen LogP contribution in [0.1, 0.15) is 11.4 Å². The molecule has 0 fully saturated rings. The number of aromatic nitrogens is 2. The number of anilines is 1. The van der Waals surface area contributed by atoms with E-state index in [1.165, 1.54) is 10.9 Å². The van der Waals surface area contributed by atoms with Gasteiger partial charge in [0.15, 0.2) is 11.4 Å². The maximum absolute atomic E-state index is 9.00. The Bertz CT molecular complexity index is 659. The molecule has 2 aromatic rings. The number of nitriles is 2. The average Bonchev–Trinajstić information content (AvgIpc) is 2.71. The molecule has 0 aliphatic heterocycles. The predicted octanol–water partition coefficient (Wildman–Crippen LogP) is 1.85. The van der Waals surface area contributed by atoms with Crippen molar-refractivity contribution in [1.29, 1.82) is 10.5 Å². The predicted molar refractivity (Wildman–Crippen MR) is 62.4 cm³/mol. The molecule has 17 heavy (non-hydrogen) atoms. The summed E-state index contributed by atoms with van der Waals surface area (Å²) < 4.78 is 1.46. The molecule has 0 saturated carbocycles. The van der Waals surface area contributed by atoms with E-state index >= 15 is 0 Å². The summed E-state index contributed by atoms with van der Waals surface area (Å²) in [5.41, 5.74) is 6.89. The first kappa shape index (κ1) is 11.0. The molecule has 0 bridgehead atoms. The monoisotopic (exact) mass is 243 g/mol. The molecule has 0 radical (unpaired) electrons. The maximum Gasteiger partial charge on any atom is 0.177 e. The third kappa shape index (κ3) is 1.80. The zero-order valence-electron chi connectivity index (χ0n) is 8.55. The summed E-state index contributed by atoms with van der Waals surface area (Å²) in [7, 11) is 0. The molecule has 0 unspecified atom stereocenters. The first-order chi connectivity index (χ1) is 8.17. The topological polar surface area (TPSA) is 91.4 Å². The first-order valence-electron chi connectivity index (χ1n) is 4.60. The van der Waals surface area contributed by atoms with E-state index < -0.39 is 0 Å². The normalized spacial score (nSPS) is 9.59. The molecule has 0 aliphatic rings. The van der Waals surface area contributed by atoms with Gasteiger partial charge in [0.2, 0.25) is 0 Å². The standard InChI is InChI=1S/C11H6ClN5/c12-8-3-7(15)1-2-10(8)17-6-16-9(4-13)11(17)5-14/h1-3,6H,15H2. The van der Waals surface area contributed by atoms with Crippen molar-refractivity contribution in [3.8, 4) is 17.8 Å². The Kier molecular flexibility index (Phi) is 2.70. The van der Waals surface area contributed by atoms with Crippen LogP contribution in [0.4, 0.5) is 5.69 Å². The number of nitrogens with two attached hydrogens (primary N) is 1. The van der Waals surface area contributed by atoms with E-state index in [1.807, 2.05) is 12.1 Å². The van der Waals surface area contributed by atoms with Crippen LogP contribution in [0, 0.1) is 22.7 Å². The zero-order chi connectivity index (χ0) is 12.4. The van der Waals surface area contributed by atoms with Crippen molar-refractivity contribution in [2.75, 3.05) is 5.73 Å². The highest BCUT2D eigenvalue weighted by Crippen LogP contribution is 2.24. The lowest BCUT2D eigenvalue weighted by Crippen LogP contribution is -1.98. The first-order valence-corrected chi connectivity index (χ1v) is 4.98.